The Labute approximate surface area is 214 Å². The van der Waals surface area contributed by atoms with E-state index in [-0.39, 0.29) is 25.0 Å². The molecule has 2 atom stereocenters. The van der Waals surface area contributed by atoms with Gasteiger partial charge in [-0.15, -0.1) is 0 Å². The number of anilines is 1. The van der Waals surface area contributed by atoms with Gasteiger partial charge >= 0.3 is 5.97 Å². The lowest BCUT2D eigenvalue weighted by Gasteiger charge is -2.26. The first-order chi connectivity index (χ1) is 18.1. The fraction of sp³-hybridized carbons (Fsp3) is 0.241. The Balaban J connectivity index is 1.29. The van der Waals surface area contributed by atoms with Crippen molar-refractivity contribution in [3.63, 3.8) is 0 Å². The minimum Gasteiger partial charge on any atom is -0.460 e. The summed E-state index contributed by atoms with van der Waals surface area (Å²) in [5.41, 5.74) is 4.88. The lowest BCUT2D eigenvalue weighted by Crippen LogP contribution is -2.19. The number of rotatable bonds is 7. The van der Waals surface area contributed by atoms with Gasteiger partial charge in [0.2, 0.25) is 5.91 Å². The van der Waals surface area contributed by atoms with Crippen LogP contribution in [-0.4, -0.2) is 28.7 Å². The number of hydrogen-bond donors (Lipinski definition) is 2. The van der Waals surface area contributed by atoms with Crippen LogP contribution < -0.4 is 5.32 Å². The van der Waals surface area contributed by atoms with E-state index in [1.54, 1.807) is 6.07 Å². The predicted octanol–water partition coefficient (Wildman–Crippen LogP) is 5.29. The fourth-order valence-corrected chi connectivity index (χ4v) is 4.55. The Hall–Kier alpha value is -4.48. The zero-order valence-corrected chi connectivity index (χ0v) is 20.1. The number of carbonyl (C=O) groups excluding carboxylic acids is 2. The van der Waals surface area contributed by atoms with Crippen molar-refractivity contribution in [2.75, 3.05) is 11.9 Å². The molecule has 1 saturated heterocycles. The average molecular weight is 495 g/mol. The number of carbonyl (C=O) groups is 2. The zero-order valence-electron chi connectivity index (χ0n) is 20.1. The highest BCUT2D eigenvalue weighted by Crippen LogP contribution is 2.38. The molecule has 2 unspecified atom stereocenters. The van der Waals surface area contributed by atoms with Gasteiger partial charge in [0.25, 0.3) is 0 Å². The van der Waals surface area contributed by atoms with E-state index < -0.39 is 11.9 Å². The summed E-state index contributed by atoms with van der Waals surface area (Å²) in [7, 11) is 0. The Morgan fingerprint density at radius 1 is 1.08 bits per heavy atom. The Bertz CT molecular complexity index is 1450. The number of hydrogen-bond acceptors (Lipinski definition) is 6. The Kier molecular flexibility index (Phi) is 7.24. The second-order valence-corrected chi connectivity index (χ2v) is 9.02. The van der Waals surface area contributed by atoms with Gasteiger partial charge in [-0.05, 0) is 42.2 Å². The third-order valence-electron chi connectivity index (χ3n) is 6.39. The van der Waals surface area contributed by atoms with Gasteiger partial charge in [-0.25, -0.2) is 0 Å². The van der Waals surface area contributed by atoms with Crippen LogP contribution in [-0.2, 0) is 25.7 Å². The van der Waals surface area contributed by atoms with Crippen LogP contribution in [0.1, 0.15) is 36.5 Å². The van der Waals surface area contributed by atoms with Crippen LogP contribution in [0.3, 0.4) is 0 Å². The predicted molar refractivity (Wildman–Crippen MR) is 138 cm³/mol. The molecule has 37 heavy (non-hydrogen) atoms. The first-order valence-electron chi connectivity index (χ1n) is 12.2. The Morgan fingerprint density at radius 2 is 1.92 bits per heavy atom. The minimum absolute atomic E-state index is 0.0739. The van der Waals surface area contributed by atoms with E-state index >= 15 is 0 Å². The van der Waals surface area contributed by atoms with E-state index in [2.05, 4.69) is 21.6 Å². The van der Waals surface area contributed by atoms with E-state index in [0.29, 0.717) is 12.3 Å². The molecule has 1 amide bonds. The van der Waals surface area contributed by atoms with Gasteiger partial charge in [-0.3, -0.25) is 14.7 Å². The summed E-state index contributed by atoms with van der Waals surface area (Å²) in [4.78, 5) is 24.6. The summed E-state index contributed by atoms with van der Waals surface area (Å²) in [5.74, 6) is -1.12. The quantitative estimate of drug-likeness (QED) is 0.266. The molecule has 5 rings (SSSR count). The van der Waals surface area contributed by atoms with Crippen LogP contribution >= 0.6 is 0 Å². The molecule has 1 fully saturated rings. The highest BCUT2D eigenvalue weighted by atomic mass is 16.5. The maximum Gasteiger partial charge on any atom is 0.315 e. The van der Waals surface area contributed by atoms with Crippen LogP contribution in [0.4, 0.5) is 5.69 Å². The van der Waals surface area contributed by atoms with Gasteiger partial charge in [0.15, 0.2) is 0 Å². The standard InChI is InChI=1S/C29H26N4O4/c30-16-20-12-13-25(36-18-20)23-10-5-11-24-28(23)29(33-32-24)21-8-4-9-22(14-21)31-26(34)15-27(35)37-17-19-6-2-1-3-7-19/h1-11,14,20,25H,12-13,15,17-18H2,(H,31,34)(H,32,33). The van der Waals surface area contributed by atoms with Crippen LogP contribution in [0, 0.1) is 17.2 Å². The highest BCUT2D eigenvalue weighted by Gasteiger charge is 2.26. The molecule has 2 heterocycles. The molecule has 8 nitrogen and oxygen atoms in total. The minimum atomic E-state index is -0.591. The van der Waals surface area contributed by atoms with E-state index in [1.165, 1.54) is 0 Å². The number of aromatic nitrogens is 2. The lowest BCUT2D eigenvalue weighted by molar-refractivity contribution is -0.146. The molecular weight excluding hydrogens is 468 g/mol. The molecule has 0 saturated carbocycles. The van der Waals surface area contributed by atoms with E-state index in [0.717, 1.165) is 46.1 Å². The van der Waals surface area contributed by atoms with Gasteiger partial charge in [-0.2, -0.15) is 10.4 Å². The first-order valence-corrected chi connectivity index (χ1v) is 12.2. The van der Waals surface area contributed by atoms with Crippen molar-refractivity contribution >= 4 is 28.5 Å². The van der Waals surface area contributed by atoms with Gasteiger partial charge in [0, 0.05) is 16.6 Å². The maximum absolute atomic E-state index is 12.5. The first kappa shape index (κ1) is 24.2. The zero-order chi connectivity index (χ0) is 25.6. The van der Waals surface area contributed by atoms with Crippen LogP contribution in [0.15, 0.2) is 72.8 Å². The topological polar surface area (TPSA) is 117 Å². The van der Waals surface area contributed by atoms with Crippen LogP contribution in [0.2, 0.25) is 0 Å². The smallest absolute Gasteiger partial charge is 0.315 e. The number of nitrogens with zero attached hydrogens (tertiary/aromatic N) is 2. The van der Waals surface area contributed by atoms with Crippen molar-refractivity contribution in [1.29, 1.82) is 5.26 Å². The molecule has 2 N–H and O–H groups in total. The number of fused-ring (bicyclic) bond motifs is 1. The monoisotopic (exact) mass is 494 g/mol. The normalized spacial score (nSPS) is 17.2. The molecule has 0 spiro atoms. The molecule has 1 aliphatic rings. The Morgan fingerprint density at radius 3 is 2.70 bits per heavy atom. The van der Waals surface area contributed by atoms with Crippen molar-refractivity contribution in [3.8, 4) is 17.3 Å². The molecule has 3 aromatic carbocycles. The lowest BCUT2D eigenvalue weighted by atomic mass is 9.92. The fourth-order valence-electron chi connectivity index (χ4n) is 4.55. The second kappa shape index (κ2) is 11.1. The molecule has 1 aromatic heterocycles. The second-order valence-electron chi connectivity index (χ2n) is 9.02. The molecule has 0 bridgehead atoms. The summed E-state index contributed by atoms with van der Waals surface area (Å²) in [6.45, 7) is 0.541. The number of benzene rings is 3. The summed E-state index contributed by atoms with van der Waals surface area (Å²) in [6, 6.07) is 24.9. The number of ether oxygens (including phenoxy) is 2. The van der Waals surface area contributed by atoms with Crippen molar-refractivity contribution < 1.29 is 19.1 Å². The van der Waals surface area contributed by atoms with Gasteiger partial charge < -0.3 is 14.8 Å². The molecule has 4 aromatic rings. The molecule has 1 aliphatic heterocycles. The number of amides is 1. The van der Waals surface area contributed by atoms with Crippen LogP contribution in [0.25, 0.3) is 22.2 Å². The van der Waals surface area contributed by atoms with E-state index in [4.69, 9.17) is 9.47 Å². The third-order valence-corrected chi connectivity index (χ3v) is 6.39. The molecule has 186 valence electrons. The average Bonchev–Trinajstić information content (AvgIpc) is 3.37. The van der Waals surface area contributed by atoms with Crippen molar-refractivity contribution in [2.45, 2.75) is 32.0 Å². The number of aromatic amines is 1. The molecular formula is C29H26N4O4. The van der Waals surface area contributed by atoms with Crippen molar-refractivity contribution in [3.05, 3.63) is 83.9 Å². The number of nitriles is 1. The number of H-pyrrole nitrogens is 1. The van der Waals surface area contributed by atoms with Crippen LogP contribution in [0.5, 0.6) is 0 Å². The molecule has 0 radical (unpaired) electrons. The van der Waals surface area contributed by atoms with E-state index in [1.807, 2.05) is 66.7 Å². The van der Waals surface area contributed by atoms with Crippen molar-refractivity contribution in [2.24, 2.45) is 5.92 Å². The van der Waals surface area contributed by atoms with Gasteiger partial charge in [0.05, 0.1) is 30.2 Å². The number of nitrogens with one attached hydrogen (secondary N) is 2. The largest absolute Gasteiger partial charge is 0.460 e. The summed E-state index contributed by atoms with van der Waals surface area (Å²) in [6.07, 6.45) is 1.06. The number of esters is 1. The SMILES string of the molecule is N#CC1CCC(c2cccc3[nH]nc(-c4cccc(NC(=O)CC(=O)OCc5ccccc5)c4)c23)OC1. The van der Waals surface area contributed by atoms with Gasteiger partial charge in [0.1, 0.15) is 18.7 Å². The summed E-state index contributed by atoms with van der Waals surface area (Å²) >= 11 is 0. The summed E-state index contributed by atoms with van der Waals surface area (Å²) < 4.78 is 11.2. The summed E-state index contributed by atoms with van der Waals surface area (Å²) in [5, 5.41) is 20.6. The maximum atomic E-state index is 12.5. The van der Waals surface area contributed by atoms with Gasteiger partial charge in [-0.1, -0.05) is 54.6 Å². The highest BCUT2D eigenvalue weighted by molar-refractivity contribution is 6.02. The van der Waals surface area contributed by atoms with E-state index in [9.17, 15) is 14.9 Å². The van der Waals surface area contributed by atoms with Crippen molar-refractivity contribution in [1.82, 2.24) is 10.2 Å². The molecule has 8 heteroatoms. The third kappa shape index (κ3) is 5.68. The molecule has 0 aliphatic carbocycles.